The second-order valence-corrected chi connectivity index (χ2v) is 3.10. The van der Waals surface area contributed by atoms with Gasteiger partial charge in [0.15, 0.2) is 5.12 Å². The van der Waals surface area contributed by atoms with Crippen LogP contribution in [0.25, 0.3) is 0 Å². The van der Waals surface area contributed by atoms with Crippen LogP contribution >= 0.6 is 11.8 Å². The summed E-state index contributed by atoms with van der Waals surface area (Å²) in [4.78, 5) is 10.9. The van der Waals surface area contributed by atoms with E-state index < -0.39 is 0 Å². The lowest BCUT2D eigenvalue weighted by Gasteiger charge is -1.95. The zero-order chi connectivity index (χ0) is 8.10. The molecule has 0 spiro atoms. The van der Waals surface area contributed by atoms with Crippen molar-refractivity contribution in [3.05, 3.63) is 35.9 Å². The Bertz CT molecular complexity index is 231. The number of hydrogen-bond donors (Lipinski definition) is 0. The van der Waals surface area contributed by atoms with Gasteiger partial charge >= 0.3 is 0 Å². The number of carbonyl (C=O) groups is 1. The summed E-state index contributed by atoms with van der Waals surface area (Å²) < 4.78 is 0. The van der Waals surface area contributed by atoms with Crippen LogP contribution in [0.5, 0.6) is 0 Å². The molecule has 0 saturated carbocycles. The van der Waals surface area contributed by atoms with Crippen LogP contribution in [-0.4, -0.2) is 11.4 Å². The monoisotopic (exact) mass is 166 g/mol. The molecule has 0 unspecified atom stereocenters. The molecule has 1 aromatic carbocycles. The maximum Gasteiger partial charge on any atom is 0.193 e. The summed E-state index contributed by atoms with van der Waals surface area (Å²) in [5, 5.41) is 0.219. The van der Waals surface area contributed by atoms with Gasteiger partial charge < -0.3 is 0 Å². The summed E-state index contributed by atoms with van der Waals surface area (Å²) in [6.45, 7) is 0. The predicted octanol–water partition coefficient (Wildman–Crippen LogP) is 2.12. The molecular formula is C9H10OS. The first-order valence-electron chi connectivity index (χ1n) is 3.43. The Labute approximate surface area is 70.8 Å². The molecule has 0 N–H and O–H groups in total. The fraction of sp³-hybridized carbons (Fsp3) is 0.222. The minimum Gasteiger partial charge on any atom is -0.287 e. The van der Waals surface area contributed by atoms with Crippen molar-refractivity contribution in [2.45, 2.75) is 6.42 Å². The van der Waals surface area contributed by atoms with Crippen LogP contribution in [0.3, 0.4) is 0 Å². The molecule has 2 heteroatoms. The topological polar surface area (TPSA) is 17.1 Å². The molecule has 0 saturated heterocycles. The largest absolute Gasteiger partial charge is 0.287 e. The van der Waals surface area contributed by atoms with E-state index in [2.05, 4.69) is 0 Å². The Kier molecular flexibility index (Phi) is 3.17. The highest BCUT2D eigenvalue weighted by Crippen LogP contribution is 2.05. The van der Waals surface area contributed by atoms with Crippen LogP contribution < -0.4 is 0 Å². The first kappa shape index (κ1) is 8.34. The van der Waals surface area contributed by atoms with Gasteiger partial charge in [-0.05, 0) is 11.8 Å². The lowest BCUT2D eigenvalue weighted by molar-refractivity contribution is -0.110. The molecule has 0 bridgehead atoms. The average Bonchev–Trinajstić information content (AvgIpc) is 2.06. The SMILES string of the molecule is CSC(=O)Cc1ccccc1. The lowest BCUT2D eigenvalue weighted by Crippen LogP contribution is -1.95. The van der Waals surface area contributed by atoms with Crippen molar-refractivity contribution in [1.29, 1.82) is 0 Å². The third-order valence-corrected chi connectivity index (χ3v) is 2.02. The summed E-state index contributed by atoms with van der Waals surface area (Å²) in [6.07, 6.45) is 2.35. The van der Waals surface area contributed by atoms with Crippen LogP contribution in [-0.2, 0) is 11.2 Å². The minimum atomic E-state index is 0.219. The molecule has 0 aromatic heterocycles. The van der Waals surface area contributed by atoms with E-state index in [1.807, 2.05) is 36.6 Å². The standard InChI is InChI=1S/C9H10OS/c1-11-9(10)7-8-5-3-2-4-6-8/h2-6H,7H2,1H3. The van der Waals surface area contributed by atoms with Gasteiger partial charge in [-0.2, -0.15) is 0 Å². The van der Waals surface area contributed by atoms with Crippen LogP contribution in [0.2, 0.25) is 0 Å². The first-order valence-corrected chi connectivity index (χ1v) is 4.66. The van der Waals surface area contributed by atoms with Gasteiger partial charge in [0.25, 0.3) is 0 Å². The Hall–Kier alpha value is -0.760. The van der Waals surface area contributed by atoms with Gasteiger partial charge in [0.05, 0.1) is 0 Å². The molecule has 1 aromatic rings. The molecule has 0 heterocycles. The van der Waals surface area contributed by atoms with Gasteiger partial charge in [0.1, 0.15) is 0 Å². The molecule has 0 fully saturated rings. The van der Waals surface area contributed by atoms with Crippen LogP contribution in [0.4, 0.5) is 0 Å². The van der Waals surface area contributed by atoms with Crippen molar-refractivity contribution in [1.82, 2.24) is 0 Å². The number of carbonyl (C=O) groups excluding carboxylic acids is 1. The minimum absolute atomic E-state index is 0.219. The third-order valence-electron chi connectivity index (χ3n) is 1.42. The van der Waals surface area contributed by atoms with Crippen molar-refractivity contribution in [3.8, 4) is 0 Å². The molecule has 58 valence electrons. The summed E-state index contributed by atoms with van der Waals surface area (Å²) in [7, 11) is 0. The van der Waals surface area contributed by atoms with Crippen molar-refractivity contribution in [2.75, 3.05) is 6.26 Å². The van der Waals surface area contributed by atoms with Gasteiger partial charge in [0.2, 0.25) is 0 Å². The Balaban J connectivity index is 2.58. The van der Waals surface area contributed by atoms with Gasteiger partial charge in [-0.1, -0.05) is 42.1 Å². The Morgan fingerprint density at radius 3 is 2.55 bits per heavy atom. The molecule has 0 aliphatic heterocycles. The van der Waals surface area contributed by atoms with Gasteiger partial charge in [-0.15, -0.1) is 0 Å². The van der Waals surface area contributed by atoms with E-state index in [9.17, 15) is 4.79 Å². The fourth-order valence-corrected chi connectivity index (χ4v) is 1.15. The third kappa shape index (κ3) is 2.76. The van der Waals surface area contributed by atoms with Crippen molar-refractivity contribution in [3.63, 3.8) is 0 Å². The molecular weight excluding hydrogens is 156 g/mol. The smallest absolute Gasteiger partial charge is 0.193 e. The quantitative estimate of drug-likeness (QED) is 0.669. The molecule has 1 rings (SSSR count). The van der Waals surface area contributed by atoms with E-state index >= 15 is 0 Å². The van der Waals surface area contributed by atoms with E-state index in [4.69, 9.17) is 0 Å². The summed E-state index contributed by atoms with van der Waals surface area (Å²) in [5.41, 5.74) is 1.09. The molecule has 1 nitrogen and oxygen atoms in total. The van der Waals surface area contributed by atoms with Gasteiger partial charge in [-0.25, -0.2) is 0 Å². The lowest BCUT2D eigenvalue weighted by atomic mass is 10.2. The number of thioether (sulfide) groups is 1. The highest BCUT2D eigenvalue weighted by Gasteiger charge is 1.98. The van der Waals surface area contributed by atoms with E-state index in [1.54, 1.807) is 0 Å². The molecule has 0 aliphatic rings. The number of hydrogen-bond acceptors (Lipinski definition) is 2. The van der Waals surface area contributed by atoms with E-state index in [0.717, 1.165) is 5.56 Å². The normalized spacial score (nSPS) is 9.55. The Morgan fingerprint density at radius 1 is 1.36 bits per heavy atom. The highest BCUT2D eigenvalue weighted by molar-refractivity contribution is 8.13. The maximum atomic E-state index is 10.9. The fourth-order valence-electron chi connectivity index (χ4n) is 0.835. The summed E-state index contributed by atoms with van der Waals surface area (Å²) >= 11 is 1.28. The number of rotatable bonds is 2. The van der Waals surface area contributed by atoms with Crippen LogP contribution in [0, 0.1) is 0 Å². The predicted molar refractivity (Wildman–Crippen MR) is 48.7 cm³/mol. The summed E-state index contributed by atoms with van der Waals surface area (Å²) in [6, 6.07) is 9.78. The van der Waals surface area contributed by atoms with Crippen LogP contribution in [0.15, 0.2) is 30.3 Å². The van der Waals surface area contributed by atoms with E-state index in [-0.39, 0.29) is 5.12 Å². The van der Waals surface area contributed by atoms with Gasteiger partial charge in [0, 0.05) is 6.42 Å². The van der Waals surface area contributed by atoms with Crippen molar-refractivity contribution < 1.29 is 4.79 Å². The molecule has 0 atom stereocenters. The molecule has 0 radical (unpaired) electrons. The van der Waals surface area contributed by atoms with E-state index in [1.165, 1.54) is 11.8 Å². The highest BCUT2D eigenvalue weighted by atomic mass is 32.2. The van der Waals surface area contributed by atoms with Crippen molar-refractivity contribution >= 4 is 16.9 Å². The molecule has 0 aliphatic carbocycles. The second kappa shape index (κ2) is 4.19. The van der Waals surface area contributed by atoms with Crippen molar-refractivity contribution in [2.24, 2.45) is 0 Å². The Morgan fingerprint density at radius 2 is 2.00 bits per heavy atom. The van der Waals surface area contributed by atoms with Gasteiger partial charge in [-0.3, -0.25) is 4.79 Å². The maximum absolute atomic E-state index is 10.9. The average molecular weight is 166 g/mol. The zero-order valence-corrected chi connectivity index (χ0v) is 7.23. The second-order valence-electron chi connectivity index (χ2n) is 2.24. The number of benzene rings is 1. The zero-order valence-electron chi connectivity index (χ0n) is 6.41. The summed E-state index contributed by atoms with van der Waals surface area (Å²) in [5.74, 6) is 0. The van der Waals surface area contributed by atoms with E-state index in [0.29, 0.717) is 6.42 Å². The molecule has 11 heavy (non-hydrogen) atoms. The molecule has 0 amide bonds. The van der Waals surface area contributed by atoms with Crippen LogP contribution in [0.1, 0.15) is 5.56 Å². The first-order chi connectivity index (χ1) is 5.33.